The normalized spacial score (nSPS) is 10.7. The third-order valence-corrected chi connectivity index (χ3v) is 4.24. The second-order valence-corrected chi connectivity index (χ2v) is 6.25. The van der Waals surface area contributed by atoms with Crippen molar-refractivity contribution in [3.8, 4) is 22.7 Å². The highest BCUT2D eigenvalue weighted by Crippen LogP contribution is 2.33. The lowest BCUT2D eigenvalue weighted by Crippen LogP contribution is -2.08. The average Bonchev–Trinajstić information content (AvgIpc) is 3.08. The first-order valence-corrected chi connectivity index (χ1v) is 9.22. The average molecular weight is 380 g/mol. The molecule has 0 aliphatic rings. The van der Waals surface area contributed by atoms with Gasteiger partial charge in [-0.15, -0.1) is 0 Å². The van der Waals surface area contributed by atoms with Gasteiger partial charge in [0.15, 0.2) is 5.76 Å². The van der Waals surface area contributed by atoms with Gasteiger partial charge in [0.05, 0.1) is 36.0 Å². The van der Waals surface area contributed by atoms with Crippen LogP contribution in [0.15, 0.2) is 36.0 Å². The summed E-state index contributed by atoms with van der Waals surface area (Å²) in [6, 6.07) is 0. The Morgan fingerprint density at radius 2 is 2.04 bits per heavy atom. The smallest absolute Gasteiger partial charge is 0.223 e. The molecule has 0 aliphatic carbocycles. The molecule has 0 spiro atoms. The minimum atomic E-state index is 0.508. The largest absolute Gasteiger partial charge is 0.502 e. The van der Waals surface area contributed by atoms with Crippen LogP contribution in [0.3, 0.4) is 0 Å². The molecule has 0 aromatic carbocycles. The van der Waals surface area contributed by atoms with E-state index < -0.39 is 0 Å². The zero-order valence-electron chi connectivity index (χ0n) is 16.4. The molecule has 0 bridgehead atoms. The van der Waals surface area contributed by atoms with E-state index >= 15 is 0 Å². The van der Waals surface area contributed by atoms with E-state index in [1.807, 2.05) is 13.8 Å². The molecule has 8 heteroatoms. The van der Waals surface area contributed by atoms with Crippen LogP contribution in [-0.4, -0.2) is 38.2 Å². The second kappa shape index (κ2) is 9.07. The zero-order valence-corrected chi connectivity index (χ0v) is 16.4. The number of aryl methyl sites for hydroxylation is 2. The Kier molecular flexibility index (Phi) is 6.31. The molecule has 3 aromatic heterocycles. The van der Waals surface area contributed by atoms with Crippen molar-refractivity contribution < 1.29 is 9.26 Å². The van der Waals surface area contributed by atoms with Gasteiger partial charge in [0.1, 0.15) is 11.4 Å². The van der Waals surface area contributed by atoms with Gasteiger partial charge in [-0.1, -0.05) is 18.7 Å². The number of nitrogens with zero attached hydrogens (tertiary/aromatic N) is 5. The maximum atomic E-state index is 5.60. The van der Waals surface area contributed by atoms with E-state index in [4.69, 9.17) is 9.26 Å². The van der Waals surface area contributed by atoms with Crippen LogP contribution in [0.5, 0.6) is 0 Å². The summed E-state index contributed by atoms with van der Waals surface area (Å²) < 4.78 is 10.7. The summed E-state index contributed by atoms with van der Waals surface area (Å²) >= 11 is 0. The summed E-state index contributed by atoms with van der Waals surface area (Å²) in [5.74, 6) is 1.18. The van der Waals surface area contributed by atoms with Gasteiger partial charge in [0, 0.05) is 24.5 Å². The van der Waals surface area contributed by atoms with Crippen LogP contribution in [0.4, 0.5) is 5.95 Å². The number of hydrogen-bond donors (Lipinski definition) is 1. The Labute approximate surface area is 164 Å². The summed E-state index contributed by atoms with van der Waals surface area (Å²) in [6.07, 6.45) is 8.20. The first kappa shape index (κ1) is 19.5. The lowest BCUT2D eigenvalue weighted by Gasteiger charge is -2.10. The summed E-state index contributed by atoms with van der Waals surface area (Å²) in [5, 5.41) is 7.32. The molecule has 0 saturated carbocycles. The van der Waals surface area contributed by atoms with Crippen LogP contribution in [0, 0.1) is 13.8 Å². The van der Waals surface area contributed by atoms with Crippen molar-refractivity contribution in [2.24, 2.45) is 0 Å². The number of aromatic nitrogens is 5. The standard InChI is InChI=1S/C20H24N6O2/c1-5-15-14(4)26-28-19(15)16-11-24-20(21-8-7-9-27-6-2)25-18(16)17-12-22-13(3)10-23-17/h6,10-12H,2,5,7-9H2,1,3-4H3,(H,21,24,25). The molecule has 8 nitrogen and oxygen atoms in total. The molecule has 1 N–H and O–H groups in total. The van der Waals surface area contributed by atoms with Gasteiger partial charge in [-0.05, 0) is 26.7 Å². The van der Waals surface area contributed by atoms with Crippen molar-refractivity contribution in [3.63, 3.8) is 0 Å². The molecule has 0 atom stereocenters. The third-order valence-electron chi connectivity index (χ3n) is 4.24. The van der Waals surface area contributed by atoms with Crippen molar-refractivity contribution in [1.29, 1.82) is 0 Å². The van der Waals surface area contributed by atoms with Gasteiger partial charge in [-0.2, -0.15) is 0 Å². The van der Waals surface area contributed by atoms with E-state index in [0.29, 0.717) is 36.2 Å². The van der Waals surface area contributed by atoms with Crippen molar-refractivity contribution in [2.45, 2.75) is 33.6 Å². The molecule has 0 radical (unpaired) electrons. The molecule has 0 aliphatic heterocycles. The first-order valence-electron chi connectivity index (χ1n) is 9.22. The molecule has 3 rings (SSSR count). The van der Waals surface area contributed by atoms with Crippen molar-refractivity contribution in [1.82, 2.24) is 25.1 Å². The van der Waals surface area contributed by atoms with Gasteiger partial charge < -0.3 is 14.6 Å². The summed E-state index contributed by atoms with van der Waals surface area (Å²) in [6.45, 7) is 10.7. The maximum absolute atomic E-state index is 5.60. The molecular formula is C20H24N6O2. The van der Waals surface area contributed by atoms with Crippen molar-refractivity contribution >= 4 is 5.95 Å². The maximum Gasteiger partial charge on any atom is 0.223 e. The SMILES string of the molecule is C=COCCCNc1ncc(-c2onc(C)c2CC)c(-c2cnc(C)cn2)n1. The highest BCUT2D eigenvalue weighted by atomic mass is 16.5. The molecule has 3 heterocycles. The Morgan fingerprint density at radius 3 is 2.75 bits per heavy atom. The van der Waals surface area contributed by atoms with Crippen LogP contribution in [0.25, 0.3) is 22.7 Å². The predicted octanol–water partition coefficient (Wildman–Crippen LogP) is 3.73. The van der Waals surface area contributed by atoms with E-state index in [0.717, 1.165) is 35.4 Å². The van der Waals surface area contributed by atoms with Crippen LogP contribution >= 0.6 is 0 Å². The van der Waals surface area contributed by atoms with E-state index in [2.05, 4.69) is 43.9 Å². The van der Waals surface area contributed by atoms with Crippen LogP contribution in [0.1, 0.15) is 30.3 Å². The fraction of sp³-hybridized carbons (Fsp3) is 0.350. The topological polar surface area (TPSA) is 98.8 Å². The molecule has 0 amide bonds. The van der Waals surface area contributed by atoms with E-state index in [1.54, 1.807) is 18.6 Å². The van der Waals surface area contributed by atoms with Gasteiger partial charge in [-0.25, -0.2) is 9.97 Å². The summed E-state index contributed by atoms with van der Waals surface area (Å²) in [5.41, 5.74) is 4.78. The fourth-order valence-electron chi connectivity index (χ4n) is 2.80. The summed E-state index contributed by atoms with van der Waals surface area (Å²) in [7, 11) is 0. The molecular weight excluding hydrogens is 356 g/mol. The monoisotopic (exact) mass is 380 g/mol. The Balaban J connectivity index is 1.96. The zero-order chi connectivity index (χ0) is 19.9. The molecule has 28 heavy (non-hydrogen) atoms. The number of nitrogens with one attached hydrogen (secondary N) is 1. The fourth-order valence-corrected chi connectivity index (χ4v) is 2.80. The number of hydrogen-bond acceptors (Lipinski definition) is 8. The lowest BCUT2D eigenvalue weighted by molar-refractivity contribution is 0.249. The predicted molar refractivity (Wildman–Crippen MR) is 107 cm³/mol. The highest BCUT2D eigenvalue weighted by Gasteiger charge is 2.20. The van der Waals surface area contributed by atoms with Gasteiger partial charge >= 0.3 is 0 Å². The molecule has 146 valence electrons. The van der Waals surface area contributed by atoms with E-state index in [1.165, 1.54) is 6.26 Å². The van der Waals surface area contributed by atoms with E-state index in [-0.39, 0.29) is 0 Å². The lowest BCUT2D eigenvalue weighted by atomic mass is 10.0. The number of ether oxygens (including phenoxy) is 1. The Morgan fingerprint density at radius 1 is 1.18 bits per heavy atom. The minimum Gasteiger partial charge on any atom is -0.502 e. The Bertz CT molecular complexity index is 936. The first-order chi connectivity index (χ1) is 13.6. The third kappa shape index (κ3) is 4.33. The van der Waals surface area contributed by atoms with Crippen molar-refractivity contribution in [3.05, 3.63) is 48.4 Å². The molecule has 0 saturated heterocycles. The van der Waals surface area contributed by atoms with Gasteiger partial charge in [0.25, 0.3) is 0 Å². The van der Waals surface area contributed by atoms with Crippen LogP contribution in [-0.2, 0) is 11.2 Å². The Hall–Kier alpha value is -3.29. The number of anilines is 1. The number of rotatable bonds is 9. The summed E-state index contributed by atoms with van der Waals surface area (Å²) in [4.78, 5) is 18.0. The minimum absolute atomic E-state index is 0.508. The highest BCUT2D eigenvalue weighted by molar-refractivity contribution is 5.78. The van der Waals surface area contributed by atoms with Crippen LogP contribution in [0.2, 0.25) is 0 Å². The quantitative estimate of drug-likeness (QED) is 0.443. The van der Waals surface area contributed by atoms with Crippen LogP contribution < -0.4 is 5.32 Å². The van der Waals surface area contributed by atoms with Crippen molar-refractivity contribution in [2.75, 3.05) is 18.5 Å². The van der Waals surface area contributed by atoms with E-state index in [9.17, 15) is 0 Å². The molecule has 0 fully saturated rings. The second-order valence-electron chi connectivity index (χ2n) is 6.25. The van der Waals surface area contributed by atoms with Gasteiger partial charge in [0.2, 0.25) is 5.95 Å². The molecule has 0 unspecified atom stereocenters. The molecule has 3 aromatic rings. The van der Waals surface area contributed by atoms with Gasteiger partial charge in [-0.3, -0.25) is 9.97 Å².